The van der Waals surface area contributed by atoms with Crippen LogP contribution >= 0.6 is 11.8 Å². The van der Waals surface area contributed by atoms with Crippen molar-refractivity contribution in [2.24, 2.45) is 7.05 Å². The molecule has 1 fully saturated rings. The number of aromatic nitrogens is 4. The van der Waals surface area contributed by atoms with Crippen LogP contribution in [0.2, 0.25) is 0 Å². The van der Waals surface area contributed by atoms with Gasteiger partial charge in [0.1, 0.15) is 11.2 Å². The molecule has 1 aromatic carbocycles. The van der Waals surface area contributed by atoms with Crippen LogP contribution in [0.5, 0.6) is 0 Å². The average molecular weight is 358 g/mol. The van der Waals surface area contributed by atoms with Gasteiger partial charge >= 0.3 is 0 Å². The zero-order valence-electron chi connectivity index (χ0n) is 14.0. The zero-order chi connectivity index (χ0) is 17.4. The molecule has 0 atom stereocenters. The fourth-order valence-corrected chi connectivity index (χ4v) is 4.43. The lowest BCUT2D eigenvalue weighted by Crippen LogP contribution is -2.26. The first-order chi connectivity index (χ1) is 12.1. The zero-order valence-corrected chi connectivity index (χ0v) is 14.8. The Hall–Kier alpha value is -2.15. The molecule has 5 nitrogen and oxygen atoms in total. The lowest BCUT2D eigenvalue weighted by molar-refractivity contribution is 0.457. The van der Waals surface area contributed by atoms with E-state index < -0.39 is 0 Å². The van der Waals surface area contributed by atoms with Gasteiger partial charge in [-0.1, -0.05) is 36.7 Å². The monoisotopic (exact) mass is 358 g/mol. The van der Waals surface area contributed by atoms with Crippen LogP contribution in [0.3, 0.4) is 0 Å². The number of benzene rings is 1. The number of rotatable bonds is 4. The van der Waals surface area contributed by atoms with E-state index in [0.29, 0.717) is 21.9 Å². The molecule has 0 saturated heterocycles. The molecule has 25 heavy (non-hydrogen) atoms. The van der Waals surface area contributed by atoms with E-state index in [1.54, 1.807) is 24.0 Å². The van der Waals surface area contributed by atoms with Crippen molar-refractivity contribution in [3.63, 3.8) is 0 Å². The summed E-state index contributed by atoms with van der Waals surface area (Å²) in [5.41, 5.74) is 1.45. The van der Waals surface area contributed by atoms with Crippen LogP contribution in [0.25, 0.3) is 11.0 Å². The van der Waals surface area contributed by atoms with E-state index in [2.05, 4.69) is 5.10 Å². The highest BCUT2D eigenvalue weighted by molar-refractivity contribution is 7.98. The summed E-state index contributed by atoms with van der Waals surface area (Å²) in [5, 5.41) is 5.43. The Labute approximate surface area is 148 Å². The lowest BCUT2D eigenvalue weighted by atomic mass is 10.2. The Morgan fingerprint density at radius 2 is 2.12 bits per heavy atom. The third-order valence-electron chi connectivity index (χ3n) is 4.71. The van der Waals surface area contributed by atoms with Gasteiger partial charge in [0.25, 0.3) is 5.56 Å². The van der Waals surface area contributed by atoms with Gasteiger partial charge in [-0.25, -0.2) is 9.37 Å². The quantitative estimate of drug-likeness (QED) is 0.527. The van der Waals surface area contributed by atoms with Crippen LogP contribution < -0.4 is 5.56 Å². The fraction of sp³-hybridized carbons (Fsp3) is 0.389. The Morgan fingerprint density at radius 1 is 1.32 bits per heavy atom. The van der Waals surface area contributed by atoms with Crippen molar-refractivity contribution in [2.75, 3.05) is 0 Å². The Kier molecular flexibility index (Phi) is 4.33. The summed E-state index contributed by atoms with van der Waals surface area (Å²) in [6.45, 7) is 0. The Morgan fingerprint density at radius 3 is 2.88 bits per heavy atom. The number of hydrogen-bond acceptors (Lipinski definition) is 4. The summed E-state index contributed by atoms with van der Waals surface area (Å²) in [4.78, 5) is 17.7. The number of fused-ring (bicyclic) bond motifs is 1. The van der Waals surface area contributed by atoms with Crippen molar-refractivity contribution in [3.05, 3.63) is 52.2 Å². The molecule has 0 amide bonds. The summed E-state index contributed by atoms with van der Waals surface area (Å²) < 4.78 is 16.9. The number of halogens is 1. The van der Waals surface area contributed by atoms with Crippen LogP contribution in [0.4, 0.5) is 4.39 Å². The minimum Gasteiger partial charge on any atom is -0.284 e. The van der Waals surface area contributed by atoms with Gasteiger partial charge in [-0.05, 0) is 30.5 Å². The molecule has 0 aliphatic heterocycles. The first kappa shape index (κ1) is 16.3. The van der Waals surface area contributed by atoms with Gasteiger partial charge in [-0.3, -0.25) is 14.0 Å². The van der Waals surface area contributed by atoms with E-state index in [9.17, 15) is 9.18 Å². The smallest absolute Gasteiger partial charge is 0.265 e. The lowest BCUT2D eigenvalue weighted by Gasteiger charge is -2.18. The highest BCUT2D eigenvalue weighted by Gasteiger charge is 2.24. The van der Waals surface area contributed by atoms with Gasteiger partial charge in [0.05, 0.1) is 6.20 Å². The second kappa shape index (κ2) is 6.63. The van der Waals surface area contributed by atoms with E-state index in [-0.39, 0.29) is 17.4 Å². The number of thioether (sulfide) groups is 1. The number of aryl methyl sites for hydroxylation is 1. The van der Waals surface area contributed by atoms with Crippen molar-refractivity contribution >= 4 is 22.8 Å². The molecule has 0 spiro atoms. The van der Waals surface area contributed by atoms with Gasteiger partial charge < -0.3 is 0 Å². The molecule has 1 aliphatic rings. The maximum Gasteiger partial charge on any atom is 0.265 e. The normalized spacial score (nSPS) is 15.3. The molecule has 1 saturated carbocycles. The van der Waals surface area contributed by atoms with Gasteiger partial charge in [0.2, 0.25) is 0 Å². The molecule has 4 rings (SSSR count). The molecule has 0 bridgehead atoms. The van der Waals surface area contributed by atoms with Gasteiger partial charge in [-0.15, -0.1) is 0 Å². The largest absolute Gasteiger partial charge is 0.284 e. The molecule has 0 N–H and O–H groups in total. The Bertz CT molecular complexity index is 975. The summed E-state index contributed by atoms with van der Waals surface area (Å²) in [5.74, 6) is 0.321. The molecule has 1 aliphatic carbocycles. The fourth-order valence-electron chi connectivity index (χ4n) is 3.44. The van der Waals surface area contributed by atoms with E-state index in [0.717, 1.165) is 31.2 Å². The highest BCUT2D eigenvalue weighted by Crippen LogP contribution is 2.33. The van der Waals surface area contributed by atoms with Crippen LogP contribution in [0.1, 0.15) is 37.3 Å². The minimum absolute atomic E-state index is 0.0215. The molecule has 0 radical (unpaired) electrons. The summed E-state index contributed by atoms with van der Waals surface area (Å²) in [7, 11) is 1.79. The molecule has 2 heterocycles. The van der Waals surface area contributed by atoms with Gasteiger partial charge in [0.15, 0.2) is 10.8 Å². The highest BCUT2D eigenvalue weighted by atomic mass is 32.2. The summed E-state index contributed by atoms with van der Waals surface area (Å²) in [6.07, 6.45) is 5.87. The molecular formula is C18H19FN4OS. The van der Waals surface area contributed by atoms with Crippen molar-refractivity contribution in [3.8, 4) is 0 Å². The standard InChI is InChI=1S/C18H19FN4OS/c1-22-16-15(10-20-22)17(24)23(14-7-2-3-8-14)18(21-16)25-11-12-5-4-6-13(19)9-12/h4-6,9-10,14H,2-3,7-8,11H2,1H3. The van der Waals surface area contributed by atoms with E-state index in [1.807, 2.05) is 10.6 Å². The second-order valence-electron chi connectivity index (χ2n) is 6.43. The number of nitrogens with zero attached hydrogens (tertiary/aromatic N) is 4. The summed E-state index contributed by atoms with van der Waals surface area (Å²) >= 11 is 1.48. The van der Waals surface area contributed by atoms with Crippen LogP contribution in [-0.2, 0) is 12.8 Å². The molecule has 2 aromatic heterocycles. The van der Waals surface area contributed by atoms with Crippen molar-refractivity contribution < 1.29 is 4.39 Å². The van der Waals surface area contributed by atoms with E-state index >= 15 is 0 Å². The first-order valence-electron chi connectivity index (χ1n) is 8.45. The molecule has 3 aromatic rings. The minimum atomic E-state index is -0.249. The Balaban J connectivity index is 1.76. The third-order valence-corrected chi connectivity index (χ3v) is 5.73. The topological polar surface area (TPSA) is 52.7 Å². The average Bonchev–Trinajstić information content (AvgIpc) is 3.24. The van der Waals surface area contributed by atoms with Crippen LogP contribution in [-0.4, -0.2) is 19.3 Å². The van der Waals surface area contributed by atoms with E-state index in [1.165, 1.54) is 23.9 Å². The predicted molar refractivity (Wildman–Crippen MR) is 96.2 cm³/mol. The van der Waals surface area contributed by atoms with Crippen molar-refractivity contribution in [1.29, 1.82) is 0 Å². The van der Waals surface area contributed by atoms with Crippen molar-refractivity contribution in [2.45, 2.75) is 42.6 Å². The first-order valence-corrected chi connectivity index (χ1v) is 9.43. The summed E-state index contributed by atoms with van der Waals surface area (Å²) in [6, 6.07) is 6.74. The molecule has 130 valence electrons. The maximum atomic E-state index is 13.4. The molecule has 0 unspecified atom stereocenters. The second-order valence-corrected chi connectivity index (χ2v) is 7.37. The third kappa shape index (κ3) is 3.08. The predicted octanol–water partition coefficient (Wildman–Crippen LogP) is 3.68. The molecule has 7 heteroatoms. The van der Waals surface area contributed by atoms with Crippen LogP contribution in [0, 0.1) is 5.82 Å². The van der Waals surface area contributed by atoms with Crippen molar-refractivity contribution in [1.82, 2.24) is 19.3 Å². The SMILES string of the molecule is Cn1ncc2c(=O)n(C3CCCC3)c(SCc3cccc(F)c3)nc21. The van der Waals surface area contributed by atoms with Gasteiger partial charge in [0, 0.05) is 18.8 Å². The maximum absolute atomic E-state index is 13.4. The molecular weight excluding hydrogens is 339 g/mol. The van der Waals surface area contributed by atoms with Gasteiger partial charge in [-0.2, -0.15) is 5.10 Å². The van der Waals surface area contributed by atoms with Crippen LogP contribution in [0.15, 0.2) is 40.4 Å². The van der Waals surface area contributed by atoms with E-state index in [4.69, 9.17) is 4.98 Å². The number of hydrogen-bond donors (Lipinski definition) is 0.